The maximum Gasteiger partial charge on any atom is 0.236 e. The molecule has 0 bridgehead atoms. The Hall–Kier alpha value is -1.43. The molecule has 0 saturated heterocycles. The Balaban J connectivity index is 2.06. The number of nitrogens with one attached hydrogen (secondary N) is 2. The normalized spacial score (nSPS) is 17.0. The number of hydrogen-bond donors (Lipinski definition) is 3. The first kappa shape index (κ1) is 17.9. The third-order valence-corrected chi connectivity index (χ3v) is 4.61. The van der Waals surface area contributed by atoms with Crippen molar-refractivity contribution >= 4 is 5.91 Å². The average molecular weight is 319 g/mol. The maximum atomic E-state index is 11.6. The zero-order valence-electron chi connectivity index (χ0n) is 14.5. The smallest absolute Gasteiger partial charge is 0.236 e. The van der Waals surface area contributed by atoms with Crippen LogP contribution in [0.2, 0.25) is 0 Å². The topological polar surface area (TPSA) is 64.6 Å². The lowest BCUT2D eigenvalue weighted by molar-refractivity contribution is -0.122. The predicted molar refractivity (Wildman–Crippen MR) is 91.5 cm³/mol. The fourth-order valence-corrected chi connectivity index (χ4v) is 3.42. The standard InChI is InChI=1S/C18H29N3O2/c1-13-7-8-14(2)17-12-21(9-5-4-6-16(13)17)11-15(3)20-18(22)10-19-23/h7-8,15,19,23H,4-6,9-12H2,1-3H3,(H,20,22)/t15-/m0/s1. The molecule has 0 fully saturated rings. The number of fused-ring (bicyclic) bond motifs is 1. The number of carbonyl (C=O) groups excluding carboxylic acids is 1. The molecule has 23 heavy (non-hydrogen) atoms. The van der Waals surface area contributed by atoms with E-state index in [1.807, 2.05) is 12.4 Å². The van der Waals surface area contributed by atoms with Gasteiger partial charge in [-0.15, -0.1) is 0 Å². The number of rotatable bonds is 5. The Morgan fingerprint density at radius 1 is 1.26 bits per heavy atom. The number of hydroxylamine groups is 1. The lowest BCUT2D eigenvalue weighted by Gasteiger charge is -2.30. The summed E-state index contributed by atoms with van der Waals surface area (Å²) in [4.78, 5) is 14.0. The van der Waals surface area contributed by atoms with Gasteiger partial charge >= 0.3 is 0 Å². The van der Waals surface area contributed by atoms with Crippen molar-refractivity contribution < 1.29 is 10.0 Å². The summed E-state index contributed by atoms with van der Waals surface area (Å²) in [6.45, 7) is 9.17. The lowest BCUT2D eigenvalue weighted by Crippen LogP contribution is -2.45. The van der Waals surface area contributed by atoms with Crippen molar-refractivity contribution in [3.8, 4) is 0 Å². The van der Waals surface area contributed by atoms with Crippen molar-refractivity contribution in [3.05, 3.63) is 34.4 Å². The molecule has 5 nitrogen and oxygen atoms in total. The Labute approximate surface area is 139 Å². The van der Waals surface area contributed by atoms with E-state index in [9.17, 15) is 4.79 Å². The van der Waals surface area contributed by atoms with E-state index in [0.29, 0.717) is 0 Å². The minimum Gasteiger partial charge on any atom is -0.351 e. The van der Waals surface area contributed by atoms with Crippen molar-refractivity contribution in [2.24, 2.45) is 0 Å². The van der Waals surface area contributed by atoms with E-state index in [2.05, 4.69) is 36.2 Å². The van der Waals surface area contributed by atoms with Gasteiger partial charge in [0.2, 0.25) is 5.91 Å². The molecule has 0 saturated carbocycles. The Kier molecular flexibility index (Phi) is 6.57. The number of hydrogen-bond acceptors (Lipinski definition) is 4. The third-order valence-electron chi connectivity index (χ3n) is 4.61. The second kappa shape index (κ2) is 8.43. The summed E-state index contributed by atoms with van der Waals surface area (Å²) in [6.07, 6.45) is 3.57. The summed E-state index contributed by atoms with van der Waals surface area (Å²) in [6, 6.07) is 4.50. The van der Waals surface area contributed by atoms with Crippen LogP contribution in [0.15, 0.2) is 12.1 Å². The van der Waals surface area contributed by atoms with Crippen molar-refractivity contribution in [3.63, 3.8) is 0 Å². The van der Waals surface area contributed by atoms with Gasteiger partial charge in [-0.3, -0.25) is 9.69 Å². The van der Waals surface area contributed by atoms with E-state index in [0.717, 1.165) is 19.6 Å². The second-order valence-electron chi connectivity index (χ2n) is 6.65. The molecule has 5 heteroatoms. The van der Waals surface area contributed by atoms with Crippen molar-refractivity contribution in [1.29, 1.82) is 0 Å². The van der Waals surface area contributed by atoms with Crippen LogP contribution in [0, 0.1) is 13.8 Å². The van der Waals surface area contributed by atoms with E-state index in [4.69, 9.17) is 5.21 Å². The largest absolute Gasteiger partial charge is 0.351 e. The van der Waals surface area contributed by atoms with E-state index >= 15 is 0 Å². The molecule has 1 aliphatic heterocycles. The van der Waals surface area contributed by atoms with Gasteiger partial charge in [-0.2, -0.15) is 5.48 Å². The van der Waals surface area contributed by atoms with Crippen LogP contribution < -0.4 is 10.8 Å². The molecule has 3 N–H and O–H groups in total. The zero-order valence-corrected chi connectivity index (χ0v) is 14.5. The number of amides is 1. The monoisotopic (exact) mass is 319 g/mol. The quantitative estimate of drug-likeness (QED) is 0.726. The highest BCUT2D eigenvalue weighted by molar-refractivity contribution is 5.78. The van der Waals surface area contributed by atoms with Gasteiger partial charge in [0.1, 0.15) is 0 Å². The molecular formula is C18H29N3O2. The predicted octanol–water partition coefficient (Wildman–Crippen LogP) is 1.93. The van der Waals surface area contributed by atoms with Gasteiger partial charge < -0.3 is 10.5 Å². The fraction of sp³-hybridized carbons (Fsp3) is 0.611. The summed E-state index contributed by atoms with van der Waals surface area (Å²) in [7, 11) is 0. The van der Waals surface area contributed by atoms with E-state index in [1.165, 1.54) is 41.5 Å². The van der Waals surface area contributed by atoms with Gasteiger partial charge in [-0.1, -0.05) is 12.1 Å². The third kappa shape index (κ3) is 5.03. The number of aryl methyl sites for hydroxylation is 2. The minimum atomic E-state index is -0.181. The van der Waals surface area contributed by atoms with Gasteiger partial charge in [-0.25, -0.2) is 0 Å². The SMILES string of the molecule is Cc1ccc(C)c2c1CCCCN(C[C@H](C)NC(=O)CNO)C2. The molecule has 1 atom stereocenters. The zero-order chi connectivity index (χ0) is 16.8. The molecule has 1 aromatic carbocycles. The Morgan fingerprint density at radius 3 is 2.65 bits per heavy atom. The van der Waals surface area contributed by atoms with Gasteiger partial charge in [0.15, 0.2) is 0 Å². The minimum absolute atomic E-state index is 0.0591. The molecule has 1 aromatic rings. The van der Waals surface area contributed by atoms with Gasteiger partial charge in [0.05, 0.1) is 6.54 Å². The van der Waals surface area contributed by atoms with Crippen molar-refractivity contribution in [1.82, 2.24) is 15.7 Å². The molecule has 128 valence electrons. The molecule has 0 spiro atoms. The van der Waals surface area contributed by atoms with Gasteiger partial charge in [0.25, 0.3) is 0 Å². The van der Waals surface area contributed by atoms with E-state index < -0.39 is 0 Å². The van der Waals surface area contributed by atoms with Crippen LogP contribution >= 0.6 is 0 Å². The van der Waals surface area contributed by atoms with E-state index in [-0.39, 0.29) is 18.5 Å². The molecular weight excluding hydrogens is 290 g/mol. The summed E-state index contributed by atoms with van der Waals surface area (Å²) in [5, 5.41) is 11.5. The molecule has 2 rings (SSSR count). The summed E-state index contributed by atoms with van der Waals surface area (Å²) >= 11 is 0. The van der Waals surface area contributed by atoms with Crippen LogP contribution in [0.1, 0.15) is 42.0 Å². The van der Waals surface area contributed by atoms with Crippen LogP contribution in [0.4, 0.5) is 0 Å². The van der Waals surface area contributed by atoms with Crippen LogP contribution in [-0.4, -0.2) is 41.7 Å². The first-order valence-electron chi connectivity index (χ1n) is 8.48. The molecule has 1 amide bonds. The molecule has 1 aliphatic rings. The van der Waals surface area contributed by atoms with Crippen LogP contribution in [0.5, 0.6) is 0 Å². The van der Waals surface area contributed by atoms with E-state index in [1.54, 1.807) is 0 Å². The molecule has 0 aliphatic carbocycles. The first-order valence-corrected chi connectivity index (χ1v) is 8.48. The van der Waals surface area contributed by atoms with Crippen molar-refractivity contribution in [2.45, 2.75) is 52.6 Å². The molecule has 0 aromatic heterocycles. The molecule has 0 unspecified atom stereocenters. The fourth-order valence-electron chi connectivity index (χ4n) is 3.42. The van der Waals surface area contributed by atoms with Crippen LogP contribution in [0.3, 0.4) is 0 Å². The number of carbonyl (C=O) groups is 1. The van der Waals surface area contributed by atoms with Crippen molar-refractivity contribution in [2.75, 3.05) is 19.6 Å². The average Bonchev–Trinajstić information content (AvgIpc) is 2.46. The highest BCUT2D eigenvalue weighted by atomic mass is 16.5. The number of benzene rings is 1. The summed E-state index contributed by atoms with van der Waals surface area (Å²) in [5.74, 6) is -0.181. The van der Waals surface area contributed by atoms with Gasteiger partial charge in [0, 0.05) is 19.1 Å². The summed E-state index contributed by atoms with van der Waals surface area (Å²) < 4.78 is 0. The highest BCUT2D eigenvalue weighted by Gasteiger charge is 2.18. The van der Waals surface area contributed by atoms with Crippen LogP contribution in [0.25, 0.3) is 0 Å². The second-order valence-corrected chi connectivity index (χ2v) is 6.65. The molecule has 0 radical (unpaired) electrons. The summed E-state index contributed by atoms with van der Waals surface area (Å²) in [5.41, 5.74) is 7.62. The molecule has 1 heterocycles. The van der Waals surface area contributed by atoms with Crippen LogP contribution in [-0.2, 0) is 17.8 Å². The Morgan fingerprint density at radius 2 is 1.96 bits per heavy atom. The first-order chi connectivity index (χ1) is 11.0. The lowest BCUT2D eigenvalue weighted by atomic mass is 9.91. The number of nitrogens with zero attached hydrogens (tertiary/aromatic N) is 1. The Bertz CT molecular complexity index is 545. The highest BCUT2D eigenvalue weighted by Crippen LogP contribution is 2.24. The van der Waals surface area contributed by atoms with Gasteiger partial charge in [-0.05, 0) is 68.8 Å². The maximum absolute atomic E-state index is 11.6.